The lowest BCUT2D eigenvalue weighted by molar-refractivity contribution is 0.273. The second kappa shape index (κ2) is 6.19. The Bertz CT molecular complexity index is 972. The molecule has 0 radical (unpaired) electrons. The number of H-pyrrole nitrogens is 1. The van der Waals surface area contributed by atoms with Crippen molar-refractivity contribution in [3.05, 3.63) is 47.5 Å². The third-order valence-corrected chi connectivity index (χ3v) is 4.67. The van der Waals surface area contributed by atoms with Gasteiger partial charge in [-0.2, -0.15) is 5.26 Å². The maximum absolute atomic E-state index is 9.06. The molecule has 0 aromatic carbocycles. The van der Waals surface area contributed by atoms with Crippen molar-refractivity contribution in [1.82, 2.24) is 19.9 Å². The van der Waals surface area contributed by atoms with Gasteiger partial charge in [0, 0.05) is 30.9 Å². The molecule has 0 amide bonds. The molecule has 1 N–H and O–H groups in total. The Morgan fingerprint density at radius 3 is 3.08 bits per heavy atom. The van der Waals surface area contributed by atoms with Crippen LogP contribution < -0.4 is 4.74 Å². The van der Waals surface area contributed by atoms with Gasteiger partial charge in [-0.3, -0.25) is 4.98 Å². The molecule has 1 aliphatic rings. The van der Waals surface area contributed by atoms with Crippen LogP contribution in [0.5, 0.6) is 11.5 Å². The van der Waals surface area contributed by atoms with E-state index in [1.54, 1.807) is 24.5 Å². The van der Waals surface area contributed by atoms with Crippen molar-refractivity contribution >= 4 is 11.0 Å². The van der Waals surface area contributed by atoms with Crippen LogP contribution in [0.1, 0.15) is 36.2 Å². The van der Waals surface area contributed by atoms with Gasteiger partial charge in [0.05, 0.1) is 11.6 Å². The molecule has 25 heavy (non-hydrogen) atoms. The molecule has 0 fully saturated rings. The number of likely N-dealkylation sites (N-methyl/N-ethyl adjacent to an activating group) is 1. The first-order valence-corrected chi connectivity index (χ1v) is 8.41. The van der Waals surface area contributed by atoms with Crippen LogP contribution >= 0.6 is 0 Å². The SMILES string of the molecule is CCC1CN(C)Cc2cc(Oc3ccnc4[nH]c(C#N)cc34)cnc21. The lowest BCUT2D eigenvalue weighted by Gasteiger charge is -2.30. The van der Waals surface area contributed by atoms with Crippen molar-refractivity contribution in [2.75, 3.05) is 13.6 Å². The summed E-state index contributed by atoms with van der Waals surface area (Å²) in [4.78, 5) is 14.2. The molecule has 1 unspecified atom stereocenters. The summed E-state index contributed by atoms with van der Waals surface area (Å²) in [6, 6.07) is 7.73. The Morgan fingerprint density at radius 2 is 2.28 bits per heavy atom. The first kappa shape index (κ1) is 15.6. The summed E-state index contributed by atoms with van der Waals surface area (Å²) in [5.74, 6) is 1.84. The van der Waals surface area contributed by atoms with Gasteiger partial charge >= 0.3 is 0 Å². The third kappa shape index (κ3) is 2.83. The van der Waals surface area contributed by atoms with Gasteiger partial charge in [0.25, 0.3) is 0 Å². The normalized spacial score (nSPS) is 17.2. The van der Waals surface area contributed by atoms with Crippen LogP contribution in [0, 0.1) is 11.3 Å². The Balaban J connectivity index is 1.69. The van der Waals surface area contributed by atoms with Gasteiger partial charge in [0.15, 0.2) is 0 Å². The minimum absolute atomic E-state index is 0.467. The van der Waals surface area contributed by atoms with Crippen LogP contribution in [-0.2, 0) is 6.54 Å². The summed E-state index contributed by atoms with van der Waals surface area (Å²) in [7, 11) is 2.13. The summed E-state index contributed by atoms with van der Waals surface area (Å²) < 4.78 is 6.07. The number of pyridine rings is 2. The van der Waals surface area contributed by atoms with Crippen LogP contribution in [-0.4, -0.2) is 33.4 Å². The number of aromatic amines is 1. The molecule has 1 atom stereocenters. The number of aromatic nitrogens is 3. The van der Waals surface area contributed by atoms with Crippen LogP contribution in [0.4, 0.5) is 0 Å². The van der Waals surface area contributed by atoms with E-state index in [0.717, 1.165) is 24.9 Å². The molecule has 0 aliphatic carbocycles. The zero-order chi connectivity index (χ0) is 17.4. The van der Waals surface area contributed by atoms with Crippen molar-refractivity contribution in [2.45, 2.75) is 25.8 Å². The highest BCUT2D eigenvalue weighted by Crippen LogP contribution is 2.33. The summed E-state index contributed by atoms with van der Waals surface area (Å²) >= 11 is 0. The van der Waals surface area contributed by atoms with Gasteiger partial charge in [-0.05, 0) is 37.2 Å². The number of hydrogen-bond donors (Lipinski definition) is 1. The molecule has 4 heterocycles. The van der Waals surface area contributed by atoms with Crippen LogP contribution in [0.3, 0.4) is 0 Å². The Morgan fingerprint density at radius 1 is 1.40 bits per heavy atom. The van der Waals surface area contributed by atoms with Gasteiger partial charge in [0.2, 0.25) is 0 Å². The molecule has 6 heteroatoms. The van der Waals surface area contributed by atoms with E-state index in [0.29, 0.717) is 28.8 Å². The third-order valence-electron chi connectivity index (χ3n) is 4.67. The minimum atomic E-state index is 0.467. The Kier molecular flexibility index (Phi) is 3.86. The van der Waals surface area contributed by atoms with Gasteiger partial charge < -0.3 is 14.6 Å². The summed E-state index contributed by atoms with van der Waals surface area (Å²) in [6.07, 6.45) is 4.54. The van der Waals surface area contributed by atoms with Crippen molar-refractivity contribution in [3.8, 4) is 17.6 Å². The van der Waals surface area contributed by atoms with Gasteiger partial charge in [-0.1, -0.05) is 6.92 Å². The van der Waals surface area contributed by atoms with Crippen molar-refractivity contribution in [1.29, 1.82) is 5.26 Å². The molecule has 3 aromatic heterocycles. The summed E-state index contributed by atoms with van der Waals surface area (Å²) in [5, 5.41) is 9.85. The fourth-order valence-electron chi connectivity index (χ4n) is 3.47. The van der Waals surface area contributed by atoms with Crippen molar-refractivity contribution in [2.24, 2.45) is 0 Å². The van der Waals surface area contributed by atoms with E-state index in [9.17, 15) is 0 Å². The monoisotopic (exact) mass is 333 g/mol. The molecule has 0 spiro atoms. The highest BCUT2D eigenvalue weighted by Gasteiger charge is 2.24. The Labute approximate surface area is 146 Å². The number of nitriles is 1. The standard InChI is InChI=1S/C19H19N5O/c1-3-12-10-24(2)11-13-6-15(9-22-18(12)13)25-17-4-5-21-19-16(17)7-14(8-20)23-19/h4-7,9,12H,3,10-11H2,1-2H3,(H,21,23). The highest BCUT2D eigenvalue weighted by molar-refractivity contribution is 5.84. The molecular formula is C19H19N5O. The lowest BCUT2D eigenvalue weighted by atomic mass is 9.93. The highest BCUT2D eigenvalue weighted by atomic mass is 16.5. The number of nitrogens with zero attached hydrogens (tertiary/aromatic N) is 4. The number of rotatable bonds is 3. The fourth-order valence-corrected chi connectivity index (χ4v) is 3.47. The molecule has 3 aromatic rings. The second-order valence-electron chi connectivity index (χ2n) is 6.49. The smallest absolute Gasteiger partial charge is 0.146 e. The fraction of sp³-hybridized carbons (Fsp3) is 0.316. The summed E-state index contributed by atoms with van der Waals surface area (Å²) in [6.45, 7) is 4.12. The zero-order valence-corrected chi connectivity index (χ0v) is 14.3. The van der Waals surface area contributed by atoms with E-state index < -0.39 is 0 Å². The average Bonchev–Trinajstić information content (AvgIpc) is 3.05. The summed E-state index contributed by atoms with van der Waals surface area (Å²) in [5.41, 5.74) is 3.51. The van der Waals surface area contributed by atoms with Crippen molar-refractivity contribution in [3.63, 3.8) is 0 Å². The molecule has 126 valence electrons. The van der Waals surface area contributed by atoms with Crippen molar-refractivity contribution < 1.29 is 4.74 Å². The molecule has 6 nitrogen and oxygen atoms in total. The Hall–Kier alpha value is -2.91. The predicted octanol–water partition coefficient (Wildman–Crippen LogP) is 3.56. The van der Waals surface area contributed by atoms with E-state index in [2.05, 4.69) is 46.0 Å². The molecule has 1 aliphatic heterocycles. The van der Waals surface area contributed by atoms with Crippen LogP contribution in [0.25, 0.3) is 11.0 Å². The molecular weight excluding hydrogens is 314 g/mol. The first-order valence-electron chi connectivity index (χ1n) is 8.41. The number of hydrogen-bond acceptors (Lipinski definition) is 5. The van der Waals surface area contributed by atoms with E-state index >= 15 is 0 Å². The van der Waals surface area contributed by atoms with E-state index in [1.807, 2.05) is 0 Å². The first-order chi connectivity index (χ1) is 12.2. The second-order valence-corrected chi connectivity index (χ2v) is 6.49. The van der Waals surface area contributed by atoms with Gasteiger partial charge in [-0.25, -0.2) is 4.98 Å². The molecule has 0 bridgehead atoms. The predicted molar refractivity (Wildman–Crippen MR) is 94.5 cm³/mol. The molecule has 0 saturated heterocycles. The number of nitrogens with one attached hydrogen (secondary N) is 1. The maximum Gasteiger partial charge on any atom is 0.146 e. The average molecular weight is 333 g/mol. The lowest BCUT2D eigenvalue weighted by Crippen LogP contribution is -2.30. The minimum Gasteiger partial charge on any atom is -0.455 e. The van der Waals surface area contributed by atoms with Crippen LogP contribution in [0.2, 0.25) is 0 Å². The van der Waals surface area contributed by atoms with Crippen LogP contribution in [0.15, 0.2) is 30.6 Å². The molecule has 0 saturated carbocycles. The van der Waals surface area contributed by atoms with E-state index in [4.69, 9.17) is 10.00 Å². The topological polar surface area (TPSA) is 77.8 Å². The van der Waals surface area contributed by atoms with E-state index in [-0.39, 0.29) is 0 Å². The zero-order valence-electron chi connectivity index (χ0n) is 14.3. The van der Waals surface area contributed by atoms with Gasteiger partial charge in [-0.15, -0.1) is 0 Å². The molecule has 4 rings (SSSR count). The van der Waals surface area contributed by atoms with E-state index in [1.165, 1.54) is 11.3 Å². The number of fused-ring (bicyclic) bond motifs is 2. The van der Waals surface area contributed by atoms with Gasteiger partial charge in [0.1, 0.15) is 28.9 Å². The quantitative estimate of drug-likeness (QED) is 0.793. The number of ether oxygens (including phenoxy) is 1. The maximum atomic E-state index is 9.06. The largest absolute Gasteiger partial charge is 0.455 e.